The van der Waals surface area contributed by atoms with E-state index in [-0.39, 0.29) is 30.9 Å². The zero-order valence-electron chi connectivity index (χ0n) is 17.8. The third-order valence-corrected chi connectivity index (χ3v) is 6.09. The smallest absolute Gasteiger partial charge is 0.260 e. The van der Waals surface area contributed by atoms with E-state index in [4.69, 9.17) is 9.47 Å². The summed E-state index contributed by atoms with van der Waals surface area (Å²) in [5.41, 5.74) is 0.711. The highest BCUT2D eigenvalue weighted by molar-refractivity contribution is 5.78. The lowest BCUT2D eigenvalue weighted by atomic mass is 9.86. The van der Waals surface area contributed by atoms with Crippen molar-refractivity contribution in [3.63, 3.8) is 0 Å². The Hall–Kier alpha value is -2.84. The van der Waals surface area contributed by atoms with Gasteiger partial charge in [-0.1, -0.05) is 12.1 Å². The number of piperidine rings is 1. The summed E-state index contributed by atoms with van der Waals surface area (Å²) in [7, 11) is 1.55. The highest BCUT2D eigenvalue weighted by Gasteiger charge is 2.38. The van der Waals surface area contributed by atoms with E-state index in [0.29, 0.717) is 36.1 Å². The maximum absolute atomic E-state index is 13.7. The van der Waals surface area contributed by atoms with Gasteiger partial charge in [-0.05, 0) is 44.2 Å². The van der Waals surface area contributed by atoms with Gasteiger partial charge >= 0.3 is 0 Å². The number of likely N-dealkylation sites (tertiary alicyclic amines) is 1. The van der Waals surface area contributed by atoms with Gasteiger partial charge < -0.3 is 19.7 Å². The molecule has 1 amide bonds. The van der Waals surface area contributed by atoms with E-state index in [1.54, 1.807) is 37.1 Å². The average Bonchev–Trinajstić information content (AvgIpc) is 3.16. The van der Waals surface area contributed by atoms with Gasteiger partial charge in [0.25, 0.3) is 12.3 Å². The van der Waals surface area contributed by atoms with E-state index in [1.807, 2.05) is 12.1 Å². The fourth-order valence-electron chi connectivity index (χ4n) is 4.54. The van der Waals surface area contributed by atoms with Crippen LogP contribution in [0.2, 0.25) is 0 Å². The van der Waals surface area contributed by atoms with Crippen molar-refractivity contribution in [2.24, 2.45) is 5.92 Å². The molecule has 2 aliphatic heterocycles. The number of aryl methyl sites for hydroxylation is 1. The number of nitrogens with zero attached hydrogens (tertiary/aromatic N) is 3. The number of ether oxygens (including phenoxy) is 2. The standard InChI is InChI=1S/C22H28F2N4O3/c1-14-10-20-25-16(11-17(22(23)24)28(20)26-14)15-6-5-9-27(12-15)21(29)13-31-19-8-4-3-7-18(19)30-2/h3-4,7-8,10,15-17,22,25H,5-6,9,11-13H2,1-2H3/t15-,16+,17-/m1/s1. The number of fused-ring (bicyclic) bond motifs is 1. The molecule has 1 N–H and O–H groups in total. The molecule has 0 bridgehead atoms. The molecule has 9 heteroatoms. The highest BCUT2D eigenvalue weighted by Crippen LogP contribution is 2.36. The molecule has 0 aliphatic carbocycles. The SMILES string of the molecule is COc1ccccc1OCC(=O)N1CCC[C@@H]([C@@H]2C[C@H](C(F)F)n3nc(C)cc3N2)C1. The van der Waals surface area contributed by atoms with Crippen molar-refractivity contribution in [2.75, 3.05) is 32.1 Å². The minimum absolute atomic E-state index is 0.0865. The Morgan fingerprint density at radius 3 is 2.84 bits per heavy atom. The van der Waals surface area contributed by atoms with Crippen LogP contribution in [0.5, 0.6) is 11.5 Å². The molecule has 3 heterocycles. The molecule has 7 nitrogen and oxygen atoms in total. The number of alkyl halides is 2. The van der Waals surface area contributed by atoms with E-state index < -0.39 is 12.5 Å². The number of amides is 1. The molecule has 0 unspecified atom stereocenters. The fraction of sp³-hybridized carbons (Fsp3) is 0.545. The molecule has 0 spiro atoms. The van der Waals surface area contributed by atoms with Gasteiger partial charge in [0.2, 0.25) is 0 Å². The molecule has 1 saturated heterocycles. The van der Waals surface area contributed by atoms with Crippen LogP contribution < -0.4 is 14.8 Å². The van der Waals surface area contributed by atoms with E-state index >= 15 is 0 Å². The lowest BCUT2D eigenvalue weighted by Crippen LogP contribution is -2.49. The normalized spacial score (nSPS) is 23.3. The van der Waals surface area contributed by atoms with Gasteiger partial charge in [0, 0.05) is 25.2 Å². The second-order valence-electron chi connectivity index (χ2n) is 8.19. The summed E-state index contributed by atoms with van der Waals surface area (Å²) >= 11 is 0. The molecular formula is C22H28F2N4O3. The Kier molecular flexibility index (Phi) is 6.29. The number of hydrogen-bond acceptors (Lipinski definition) is 5. The molecule has 4 rings (SSSR count). The first-order chi connectivity index (χ1) is 15.0. The fourth-order valence-corrected chi connectivity index (χ4v) is 4.54. The van der Waals surface area contributed by atoms with Crippen molar-refractivity contribution < 1.29 is 23.0 Å². The summed E-state index contributed by atoms with van der Waals surface area (Å²) < 4.78 is 39.7. The first kappa shape index (κ1) is 21.4. The predicted octanol–water partition coefficient (Wildman–Crippen LogP) is 3.51. The van der Waals surface area contributed by atoms with Crippen LogP contribution in [0.1, 0.15) is 31.0 Å². The molecule has 0 saturated carbocycles. The number of rotatable bonds is 6. The summed E-state index contributed by atoms with van der Waals surface area (Å²) in [6.45, 7) is 2.88. The molecule has 3 atom stereocenters. The highest BCUT2D eigenvalue weighted by atomic mass is 19.3. The van der Waals surface area contributed by atoms with Crippen molar-refractivity contribution in [1.29, 1.82) is 0 Å². The van der Waals surface area contributed by atoms with Crippen LogP contribution in [-0.4, -0.2) is 59.9 Å². The minimum Gasteiger partial charge on any atom is -0.493 e. The Morgan fingerprint density at radius 2 is 2.10 bits per heavy atom. The Morgan fingerprint density at radius 1 is 1.32 bits per heavy atom. The maximum Gasteiger partial charge on any atom is 0.260 e. The molecule has 1 fully saturated rings. The maximum atomic E-state index is 13.7. The largest absolute Gasteiger partial charge is 0.493 e. The lowest BCUT2D eigenvalue weighted by Gasteiger charge is -2.41. The van der Waals surface area contributed by atoms with Crippen LogP contribution in [-0.2, 0) is 4.79 Å². The van der Waals surface area contributed by atoms with Gasteiger partial charge in [-0.25, -0.2) is 13.5 Å². The molecule has 31 heavy (non-hydrogen) atoms. The molecule has 2 aliphatic rings. The summed E-state index contributed by atoms with van der Waals surface area (Å²) in [4.78, 5) is 14.6. The van der Waals surface area contributed by atoms with Crippen LogP contribution >= 0.6 is 0 Å². The predicted molar refractivity (Wildman–Crippen MR) is 112 cm³/mol. The van der Waals surface area contributed by atoms with Crippen LogP contribution in [0, 0.1) is 12.8 Å². The van der Waals surface area contributed by atoms with E-state index in [9.17, 15) is 13.6 Å². The van der Waals surface area contributed by atoms with Crippen LogP contribution in [0.15, 0.2) is 30.3 Å². The van der Waals surface area contributed by atoms with Gasteiger partial charge in [0.1, 0.15) is 11.9 Å². The Labute approximate surface area is 180 Å². The lowest BCUT2D eigenvalue weighted by molar-refractivity contribution is -0.135. The number of hydrogen-bond donors (Lipinski definition) is 1. The van der Waals surface area contributed by atoms with E-state index in [2.05, 4.69) is 10.4 Å². The van der Waals surface area contributed by atoms with Crippen LogP contribution in [0.25, 0.3) is 0 Å². The number of nitrogens with one attached hydrogen (secondary N) is 1. The van der Waals surface area contributed by atoms with E-state index in [1.165, 1.54) is 4.68 Å². The third-order valence-electron chi connectivity index (χ3n) is 6.09. The Bertz CT molecular complexity index is 920. The number of carbonyl (C=O) groups is 1. The molecule has 2 aromatic rings. The first-order valence-electron chi connectivity index (χ1n) is 10.6. The molecule has 168 valence electrons. The van der Waals surface area contributed by atoms with Gasteiger partial charge in [0.05, 0.1) is 12.8 Å². The number of methoxy groups -OCH3 is 1. The molecule has 1 aromatic carbocycles. The van der Waals surface area contributed by atoms with Crippen molar-refractivity contribution in [3.05, 3.63) is 36.0 Å². The van der Waals surface area contributed by atoms with Crippen molar-refractivity contribution >= 4 is 11.7 Å². The Balaban J connectivity index is 1.39. The van der Waals surface area contributed by atoms with Crippen LogP contribution in [0.3, 0.4) is 0 Å². The molecular weight excluding hydrogens is 406 g/mol. The van der Waals surface area contributed by atoms with Gasteiger partial charge in [0.15, 0.2) is 18.1 Å². The quantitative estimate of drug-likeness (QED) is 0.754. The van der Waals surface area contributed by atoms with Gasteiger partial charge in [-0.2, -0.15) is 5.10 Å². The zero-order valence-corrected chi connectivity index (χ0v) is 17.8. The summed E-state index contributed by atoms with van der Waals surface area (Å²) in [5, 5.41) is 7.61. The molecule has 0 radical (unpaired) electrons. The summed E-state index contributed by atoms with van der Waals surface area (Å²) in [6.07, 6.45) is -0.479. The number of benzene rings is 1. The van der Waals surface area contributed by atoms with E-state index in [0.717, 1.165) is 12.8 Å². The zero-order chi connectivity index (χ0) is 22.0. The number of halogens is 2. The number of anilines is 1. The number of carbonyl (C=O) groups excluding carboxylic acids is 1. The second-order valence-corrected chi connectivity index (χ2v) is 8.19. The van der Waals surface area contributed by atoms with Crippen LogP contribution in [0.4, 0.5) is 14.6 Å². The third kappa shape index (κ3) is 4.60. The topological polar surface area (TPSA) is 68.6 Å². The first-order valence-corrected chi connectivity index (χ1v) is 10.6. The van der Waals surface area contributed by atoms with Gasteiger partial charge in [-0.15, -0.1) is 0 Å². The summed E-state index contributed by atoms with van der Waals surface area (Å²) in [5.74, 6) is 1.70. The second kappa shape index (κ2) is 9.11. The van der Waals surface area contributed by atoms with Crippen molar-refractivity contribution in [1.82, 2.24) is 14.7 Å². The molecule has 1 aromatic heterocycles. The number of aromatic nitrogens is 2. The summed E-state index contributed by atoms with van der Waals surface area (Å²) in [6, 6.07) is 7.90. The van der Waals surface area contributed by atoms with Gasteiger partial charge in [-0.3, -0.25) is 4.79 Å². The number of para-hydroxylation sites is 2. The minimum atomic E-state index is -2.49. The average molecular weight is 434 g/mol. The van der Waals surface area contributed by atoms with Crippen molar-refractivity contribution in [2.45, 2.75) is 44.7 Å². The van der Waals surface area contributed by atoms with Crippen molar-refractivity contribution in [3.8, 4) is 11.5 Å². The monoisotopic (exact) mass is 434 g/mol.